The number of benzene rings is 1. The second kappa shape index (κ2) is 4.66. The number of halogens is 2. The van der Waals surface area contributed by atoms with Crippen LogP contribution in [-0.4, -0.2) is 16.2 Å². The minimum Gasteiger partial charge on any atom is -0.334 e. The maximum Gasteiger partial charge on any atom is 0.262 e. The van der Waals surface area contributed by atoms with Crippen molar-refractivity contribution in [1.82, 2.24) is 15.5 Å². The van der Waals surface area contributed by atoms with Crippen LogP contribution >= 0.6 is 11.6 Å². The Morgan fingerprint density at radius 1 is 1.44 bits per heavy atom. The van der Waals surface area contributed by atoms with Crippen molar-refractivity contribution < 1.29 is 8.91 Å². The molecule has 2 aromatic rings. The van der Waals surface area contributed by atoms with Crippen molar-refractivity contribution in [2.24, 2.45) is 0 Å². The number of hydrogen-bond donors (Lipinski definition) is 1. The SMILES string of the molecule is Fc1cccc(Cl)c1-c1nc(CNC2CC2)no1. The summed E-state index contributed by atoms with van der Waals surface area (Å²) in [6.45, 7) is 0.528. The van der Waals surface area contributed by atoms with Crippen LogP contribution in [0.1, 0.15) is 18.7 Å². The molecule has 4 nitrogen and oxygen atoms in total. The molecular formula is C12H11ClFN3O. The quantitative estimate of drug-likeness (QED) is 0.925. The lowest BCUT2D eigenvalue weighted by atomic mass is 10.2. The summed E-state index contributed by atoms with van der Waals surface area (Å²) in [5, 5.41) is 7.32. The summed E-state index contributed by atoms with van der Waals surface area (Å²) >= 11 is 5.93. The van der Waals surface area contributed by atoms with Gasteiger partial charge in [0, 0.05) is 6.04 Å². The Kier molecular flexibility index (Phi) is 3.01. The third kappa shape index (κ3) is 2.37. The summed E-state index contributed by atoms with van der Waals surface area (Å²) in [7, 11) is 0. The Balaban J connectivity index is 1.83. The average Bonchev–Trinajstić information content (AvgIpc) is 3.06. The maximum atomic E-state index is 13.6. The first-order chi connectivity index (χ1) is 8.74. The molecule has 1 heterocycles. The first-order valence-electron chi connectivity index (χ1n) is 5.74. The third-order valence-electron chi connectivity index (χ3n) is 2.77. The topological polar surface area (TPSA) is 51.0 Å². The second-order valence-corrected chi connectivity index (χ2v) is 4.67. The molecule has 0 aliphatic heterocycles. The zero-order valence-corrected chi connectivity index (χ0v) is 10.2. The van der Waals surface area contributed by atoms with Crippen LogP contribution in [0.15, 0.2) is 22.7 Å². The van der Waals surface area contributed by atoms with E-state index in [0.717, 1.165) is 0 Å². The maximum absolute atomic E-state index is 13.6. The zero-order chi connectivity index (χ0) is 12.5. The first kappa shape index (κ1) is 11.6. The lowest BCUT2D eigenvalue weighted by Crippen LogP contribution is -2.16. The fraction of sp³-hybridized carbons (Fsp3) is 0.333. The minimum absolute atomic E-state index is 0.116. The molecule has 18 heavy (non-hydrogen) atoms. The average molecular weight is 268 g/mol. The molecule has 0 bridgehead atoms. The number of rotatable bonds is 4. The summed E-state index contributed by atoms with van der Waals surface area (Å²) in [6.07, 6.45) is 2.37. The van der Waals surface area contributed by atoms with E-state index in [-0.39, 0.29) is 16.5 Å². The van der Waals surface area contributed by atoms with Gasteiger partial charge in [-0.05, 0) is 25.0 Å². The predicted octanol–water partition coefficient (Wildman–Crippen LogP) is 2.78. The van der Waals surface area contributed by atoms with Crippen molar-refractivity contribution in [2.45, 2.75) is 25.4 Å². The minimum atomic E-state index is -0.465. The van der Waals surface area contributed by atoms with Crippen molar-refractivity contribution in [3.63, 3.8) is 0 Å². The molecular weight excluding hydrogens is 257 g/mol. The highest BCUT2D eigenvalue weighted by atomic mass is 35.5. The summed E-state index contributed by atoms with van der Waals surface area (Å²) < 4.78 is 18.7. The molecule has 1 aromatic heterocycles. The molecule has 0 spiro atoms. The molecule has 94 valence electrons. The van der Waals surface area contributed by atoms with Gasteiger partial charge in [0.05, 0.1) is 17.1 Å². The van der Waals surface area contributed by atoms with Gasteiger partial charge in [-0.3, -0.25) is 0 Å². The van der Waals surface area contributed by atoms with Crippen molar-refractivity contribution in [1.29, 1.82) is 0 Å². The molecule has 1 aliphatic rings. The van der Waals surface area contributed by atoms with E-state index >= 15 is 0 Å². The van der Waals surface area contributed by atoms with Crippen LogP contribution in [0.5, 0.6) is 0 Å². The number of nitrogens with one attached hydrogen (secondary N) is 1. The summed E-state index contributed by atoms with van der Waals surface area (Å²) in [4.78, 5) is 4.14. The van der Waals surface area contributed by atoms with Crippen molar-refractivity contribution >= 4 is 11.6 Å². The molecule has 3 rings (SSSR count). The molecule has 1 aliphatic carbocycles. The van der Waals surface area contributed by atoms with Gasteiger partial charge in [-0.2, -0.15) is 4.98 Å². The van der Waals surface area contributed by atoms with Gasteiger partial charge >= 0.3 is 0 Å². The van der Waals surface area contributed by atoms with Crippen LogP contribution < -0.4 is 5.32 Å². The molecule has 0 saturated heterocycles. The van der Waals surface area contributed by atoms with Crippen LogP contribution in [-0.2, 0) is 6.54 Å². The van der Waals surface area contributed by atoms with Gasteiger partial charge in [-0.15, -0.1) is 0 Å². The van der Waals surface area contributed by atoms with E-state index in [1.165, 1.54) is 25.0 Å². The largest absolute Gasteiger partial charge is 0.334 e. The number of aromatic nitrogens is 2. The molecule has 1 aromatic carbocycles. The van der Waals surface area contributed by atoms with E-state index in [1.807, 2.05) is 0 Å². The fourth-order valence-electron chi connectivity index (χ4n) is 1.65. The predicted molar refractivity (Wildman–Crippen MR) is 64.6 cm³/mol. The molecule has 1 fully saturated rings. The fourth-order valence-corrected chi connectivity index (χ4v) is 1.90. The van der Waals surface area contributed by atoms with E-state index in [2.05, 4.69) is 15.5 Å². The van der Waals surface area contributed by atoms with Crippen molar-refractivity contribution in [2.75, 3.05) is 0 Å². The summed E-state index contributed by atoms with van der Waals surface area (Å²) in [5.74, 6) is 0.162. The number of nitrogens with zero attached hydrogens (tertiary/aromatic N) is 2. The highest BCUT2D eigenvalue weighted by Crippen LogP contribution is 2.29. The van der Waals surface area contributed by atoms with Gasteiger partial charge in [-0.1, -0.05) is 22.8 Å². The van der Waals surface area contributed by atoms with Gasteiger partial charge in [0.15, 0.2) is 5.82 Å². The van der Waals surface area contributed by atoms with Crippen molar-refractivity contribution in [3.8, 4) is 11.5 Å². The molecule has 1 N–H and O–H groups in total. The highest BCUT2D eigenvalue weighted by molar-refractivity contribution is 6.33. The molecule has 1 saturated carbocycles. The molecule has 0 amide bonds. The van der Waals surface area contributed by atoms with E-state index < -0.39 is 5.82 Å². The van der Waals surface area contributed by atoms with E-state index in [0.29, 0.717) is 18.4 Å². The van der Waals surface area contributed by atoms with Crippen molar-refractivity contribution in [3.05, 3.63) is 34.9 Å². The van der Waals surface area contributed by atoms with Crippen LogP contribution in [0, 0.1) is 5.82 Å². The Bertz CT molecular complexity index is 548. The van der Waals surface area contributed by atoms with Crippen LogP contribution in [0.3, 0.4) is 0 Å². The van der Waals surface area contributed by atoms with E-state index in [4.69, 9.17) is 16.1 Å². The van der Waals surface area contributed by atoms with Gasteiger partial charge in [0.25, 0.3) is 5.89 Å². The smallest absolute Gasteiger partial charge is 0.262 e. The standard InChI is InChI=1S/C12H11ClFN3O/c13-8-2-1-3-9(14)11(8)12-16-10(17-18-12)6-15-7-4-5-7/h1-3,7,15H,4-6H2. The molecule has 0 radical (unpaired) electrons. The Labute approximate surface area is 108 Å². The molecule has 6 heteroatoms. The van der Waals surface area contributed by atoms with E-state index in [1.54, 1.807) is 6.07 Å². The Morgan fingerprint density at radius 2 is 2.28 bits per heavy atom. The second-order valence-electron chi connectivity index (χ2n) is 4.27. The normalized spacial score (nSPS) is 15.0. The third-order valence-corrected chi connectivity index (χ3v) is 3.09. The summed E-state index contributed by atoms with van der Waals surface area (Å²) in [6, 6.07) is 5.00. The van der Waals surface area contributed by atoms with Gasteiger partial charge in [-0.25, -0.2) is 4.39 Å². The Morgan fingerprint density at radius 3 is 3.00 bits per heavy atom. The lowest BCUT2D eigenvalue weighted by molar-refractivity contribution is 0.417. The van der Waals surface area contributed by atoms with Gasteiger partial charge < -0.3 is 9.84 Å². The van der Waals surface area contributed by atoms with E-state index in [9.17, 15) is 4.39 Å². The van der Waals surface area contributed by atoms with Gasteiger partial charge in [0.2, 0.25) is 0 Å². The van der Waals surface area contributed by atoms with Crippen LogP contribution in [0.25, 0.3) is 11.5 Å². The zero-order valence-electron chi connectivity index (χ0n) is 9.49. The van der Waals surface area contributed by atoms with Gasteiger partial charge in [0.1, 0.15) is 5.82 Å². The monoisotopic (exact) mass is 267 g/mol. The lowest BCUT2D eigenvalue weighted by Gasteiger charge is -1.99. The van der Waals surface area contributed by atoms with Crippen LogP contribution in [0.2, 0.25) is 5.02 Å². The molecule has 0 atom stereocenters. The molecule has 0 unspecified atom stereocenters. The van der Waals surface area contributed by atoms with Crippen LogP contribution in [0.4, 0.5) is 4.39 Å². The highest BCUT2D eigenvalue weighted by Gasteiger charge is 2.22. The number of hydrogen-bond acceptors (Lipinski definition) is 4. The Hall–Kier alpha value is -1.46. The first-order valence-corrected chi connectivity index (χ1v) is 6.12. The summed E-state index contributed by atoms with van der Waals surface area (Å²) in [5.41, 5.74) is 0.157.